The Labute approximate surface area is 194 Å². The zero-order valence-electron chi connectivity index (χ0n) is 17.9. The molecule has 11 heteroatoms. The molecule has 9 nitrogen and oxygen atoms in total. The molecular formula is C21H23ClN6O3S. The number of ether oxygens (including phenoxy) is 1. The summed E-state index contributed by atoms with van der Waals surface area (Å²) in [6.45, 7) is 9.59. The SMILES string of the molecule is C=C(C)n1sc2ncnc-2c1C(O)c1cn(-c2ccc(OCCC(C)(C)O)c(Cl)c2)nn1. The van der Waals surface area contributed by atoms with Gasteiger partial charge in [-0.25, -0.2) is 14.6 Å². The fraction of sp³-hybridized carbons (Fsp3) is 0.333. The van der Waals surface area contributed by atoms with Crippen LogP contribution >= 0.6 is 23.1 Å². The molecule has 2 aliphatic heterocycles. The van der Waals surface area contributed by atoms with E-state index in [1.807, 2.05) is 6.92 Å². The second-order valence-corrected chi connectivity index (χ2v) is 9.39. The first-order valence-electron chi connectivity index (χ1n) is 9.88. The average Bonchev–Trinajstić information content (AvgIpc) is 3.43. The topological polar surface area (TPSA) is 111 Å². The number of hydrogen-bond acceptors (Lipinski definition) is 8. The molecule has 1 aromatic carbocycles. The number of aromatic nitrogens is 6. The monoisotopic (exact) mass is 474 g/mol. The van der Waals surface area contributed by atoms with E-state index in [-0.39, 0.29) is 0 Å². The van der Waals surface area contributed by atoms with Gasteiger partial charge >= 0.3 is 0 Å². The van der Waals surface area contributed by atoms with Gasteiger partial charge in [-0.2, -0.15) is 0 Å². The van der Waals surface area contributed by atoms with E-state index in [2.05, 4.69) is 26.9 Å². The molecule has 1 unspecified atom stereocenters. The van der Waals surface area contributed by atoms with E-state index in [4.69, 9.17) is 16.3 Å². The lowest BCUT2D eigenvalue weighted by atomic mass is 10.1. The van der Waals surface area contributed by atoms with Crippen molar-refractivity contribution in [2.75, 3.05) is 6.61 Å². The Morgan fingerprint density at radius 1 is 1.34 bits per heavy atom. The van der Waals surface area contributed by atoms with E-state index in [1.54, 1.807) is 42.2 Å². The highest BCUT2D eigenvalue weighted by Crippen LogP contribution is 2.37. The van der Waals surface area contributed by atoms with Gasteiger partial charge < -0.3 is 14.9 Å². The van der Waals surface area contributed by atoms with Gasteiger partial charge in [-0.05, 0) is 50.5 Å². The van der Waals surface area contributed by atoms with Crippen LogP contribution in [0.25, 0.3) is 22.1 Å². The predicted octanol–water partition coefficient (Wildman–Crippen LogP) is 3.79. The summed E-state index contributed by atoms with van der Waals surface area (Å²) < 4.78 is 8.99. The molecule has 0 saturated heterocycles. The van der Waals surface area contributed by atoms with Crippen molar-refractivity contribution in [2.24, 2.45) is 0 Å². The quantitative estimate of drug-likeness (QED) is 0.399. The van der Waals surface area contributed by atoms with Crippen molar-refractivity contribution in [3.63, 3.8) is 0 Å². The van der Waals surface area contributed by atoms with Crippen LogP contribution in [-0.4, -0.2) is 51.3 Å². The minimum atomic E-state index is -1.06. The number of rotatable bonds is 8. The number of imidazole rings is 1. The highest BCUT2D eigenvalue weighted by molar-refractivity contribution is 7.10. The normalized spacial score (nSPS) is 12.9. The molecule has 168 valence electrons. The van der Waals surface area contributed by atoms with Gasteiger partial charge in [0.05, 0.1) is 34.8 Å². The van der Waals surface area contributed by atoms with Crippen molar-refractivity contribution < 1.29 is 14.9 Å². The van der Waals surface area contributed by atoms with E-state index in [0.717, 1.165) is 5.70 Å². The largest absolute Gasteiger partial charge is 0.492 e. The fourth-order valence-electron chi connectivity index (χ4n) is 3.08. The first kappa shape index (κ1) is 22.4. The molecule has 2 N–H and O–H groups in total. The lowest BCUT2D eigenvalue weighted by Gasteiger charge is -2.17. The van der Waals surface area contributed by atoms with Gasteiger partial charge in [-0.15, -0.1) is 5.10 Å². The Balaban J connectivity index is 1.56. The van der Waals surface area contributed by atoms with Gasteiger partial charge in [0.2, 0.25) is 0 Å². The highest BCUT2D eigenvalue weighted by Gasteiger charge is 2.28. The zero-order chi connectivity index (χ0) is 23.0. The van der Waals surface area contributed by atoms with Crippen molar-refractivity contribution in [1.29, 1.82) is 0 Å². The third-order valence-electron chi connectivity index (χ3n) is 4.75. The molecule has 2 aromatic rings. The van der Waals surface area contributed by atoms with Gasteiger partial charge in [0.15, 0.2) is 5.01 Å². The second-order valence-electron chi connectivity index (χ2n) is 8.05. The summed E-state index contributed by atoms with van der Waals surface area (Å²) in [5, 5.41) is 30.2. The van der Waals surface area contributed by atoms with E-state index < -0.39 is 11.7 Å². The van der Waals surface area contributed by atoms with Crippen LogP contribution in [0.3, 0.4) is 0 Å². The number of nitrogens with zero attached hydrogens (tertiary/aromatic N) is 6. The summed E-state index contributed by atoms with van der Waals surface area (Å²) in [7, 11) is 0. The van der Waals surface area contributed by atoms with Crippen molar-refractivity contribution in [3.05, 3.63) is 53.7 Å². The van der Waals surface area contributed by atoms with Crippen LogP contribution in [0.2, 0.25) is 5.02 Å². The molecule has 0 saturated carbocycles. The molecule has 0 aliphatic carbocycles. The predicted molar refractivity (Wildman–Crippen MR) is 122 cm³/mol. The Morgan fingerprint density at radius 3 is 2.81 bits per heavy atom. The summed E-state index contributed by atoms with van der Waals surface area (Å²) in [5.41, 5.74) is 2.10. The van der Waals surface area contributed by atoms with Crippen LogP contribution in [0.15, 0.2) is 37.3 Å². The Bertz CT molecular complexity index is 1220. The molecule has 0 spiro atoms. The van der Waals surface area contributed by atoms with Crippen LogP contribution in [0, 0.1) is 0 Å². The summed E-state index contributed by atoms with van der Waals surface area (Å²) in [5.74, 6) is 0.512. The summed E-state index contributed by atoms with van der Waals surface area (Å²) in [4.78, 5) is 8.49. The molecule has 2 aliphatic rings. The van der Waals surface area contributed by atoms with Gasteiger partial charge in [-0.1, -0.05) is 23.4 Å². The molecule has 0 bridgehead atoms. The lowest BCUT2D eigenvalue weighted by molar-refractivity contribution is 0.0553. The van der Waals surface area contributed by atoms with Gasteiger partial charge in [0.25, 0.3) is 0 Å². The van der Waals surface area contributed by atoms with Crippen molar-refractivity contribution in [1.82, 2.24) is 28.9 Å². The molecule has 1 aromatic heterocycles. The van der Waals surface area contributed by atoms with Gasteiger partial charge in [0.1, 0.15) is 29.6 Å². The number of allylic oxidation sites excluding steroid dienone is 1. The Kier molecular flexibility index (Phi) is 6.04. The molecule has 0 radical (unpaired) electrons. The smallest absolute Gasteiger partial charge is 0.162 e. The third kappa shape index (κ3) is 4.53. The molecule has 1 atom stereocenters. The minimum Gasteiger partial charge on any atom is -0.492 e. The van der Waals surface area contributed by atoms with Crippen molar-refractivity contribution in [2.45, 2.75) is 38.9 Å². The maximum Gasteiger partial charge on any atom is 0.162 e. The van der Waals surface area contributed by atoms with Crippen molar-refractivity contribution >= 4 is 28.8 Å². The maximum absolute atomic E-state index is 11.0. The molecule has 32 heavy (non-hydrogen) atoms. The van der Waals surface area contributed by atoms with E-state index >= 15 is 0 Å². The molecule has 0 amide bonds. The summed E-state index contributed by atoms with van der Waals surface area (Å²) in [6.07, 6.45) is 2.51. The molecule has 3 heterocycles. The first-order valence-corrected chi connectivity index (χ1v) is 11.0. The average molecular weight is 475 g/mol. The Hall–Kier alpha value is -2.79. The van der Waals surface area contributed by atoms with Crippen LogP contribution in [-0.2, 0) is 0 Å². The number of hydrogen-bond donors (Lipinski definition) is 2. The fourth-order valence-corrected chi connectivity index (χ4v) is 4.26. The standard InChI is InChI=1S/C21H23ClN6O3S/c1-12(2)28-18(17-20(32-28)24-11-23-17)19(29)15-10-27(26-25-15)13-5-6-16(14(22)9-13)31-8-7-21(3,4)30/h5-6,9-11,19,29-30H,1,7-8H2,2-4H3. The summed E-state index contributed by atoms with van der Waals surface area (Å²) in [6, 6.07) is 5.22. The van der Waals surface area contributed by atoms with E-state index in [0.29, 0.717) is 51.6 Å². The number of fused-ring (bicyclic) bond motifs is 1. The first-order chi connectivity index (χ1) is 15.1. The molecule has 4 rings (SSSR count). The van der Waals surface area contributed by atoms with Gasteiger partial charge in [0, 0.05) is 12.1 Å². The second kappa shape index (κ2) is 8.62. The lowest BCUT2D eigenvalue weighted by Crippen LogP contribution is -2.21. The zero-order valence-corrected chi connectivity index (χ0v) is 19.4. The van der Waals surface area contributed by atoms with E-state index in [1.165, 1.54) is 22.5 Å². The summed E-state index contributed by atoms with van der Waals surface area (Å²) >= 11 is 7.72. The molecule has 0 fully saturated rings. The number of halogens is 1. The molecular weight excluding hydrogens is 452 g/mol. The van der Waals surface area contributed by atoms with Crippen LogP contribution < -0.4 is 4.74 Å². The van der Waals surface area contributed by atoms with Crippen molar-refractivity contribution in [3.8, 4) is 22.1 Å². The third-order valence-corrected chi connectivity index (χ3v) is 6.21. The van der Waals surface area contributed by atoms with E-state index in [9.17, 15) is 10.2 Å². The number of benzene rings is 1. The Morgan fingerprint density at radius 2 is 2.12 bits per heavy atom. The number of aliphatic hydroxyl groups is 2. The minimum absolute atomic E-state index is 0.338. The maximum atomic E-state index is 11.0. The highest BCUT2D eigenvalue weighted by atomic mass is 35.5. The van der Waals surface area contributed by atoms with Gasteiger partial charge in [-0.3, -0.25) is 3.96 Å². The van der Waals surface area contributed by atoms with Crippen LogP contribution in [0.4, 0.5) is 0 Å². The number of aliphatic hydroxyl groups excluding tert-OH is 1. The van der Waals surface area contributed by atoms with Crippen LogP contribution in [0.5, 0.6) is 5.75 Å². The van der Waals surface area contributed by atoms with Crippen LogP contribution in [0.1, 0.15) is 44.7 Å².